The molecule has 19 heavy (non-hydrogen) atoms. The number of benzene rings is 1. The van der Waals surface area contributed by atoms with Crippen LogP contribution in [0.1, 0.15) is 37.8 Å². The smallest absolute Gasteiger partial charge is 0.0542 e. The van der Waals surface area contributed by atoms with Gasteiger partial charge in [0.15, 0.2) is 0 Å². The van der Waals surface area contributed by atoms with Gasteiger partial charge in [0.25, 0.3) is 0 Å². The van der Waals surface area contributed by atoms with Gasteiger partial charge in [0.1, 0.15) is 0 Å². The Morgan fingerprint density at radius 1 is 1.53 bits per heavy atom. The maximum absolute atomic E-state index is 6.26. The Labute approximate surface area is 134 Å². The van der Waals surface area contributed by atoms with Gasteiger partial charge in [0.2, 0.25) is 0 Å². The second-order valence-corrected chi connectivity index (χ2v) is 6.65. The number of nitrogens with one attached hydrogen (secondary N) is 1. The third-order valence-electron chi connectivity index (χ3n) is 3.58. The summed E-state index contributed by atoms with van der Waals surface area (Å²) < 4.78 is 6.75. The SMILES string of the molecule is CCCNC(c1ccc(I)c(Cl)c1)C1CCCOC1. The van der Waals surface area contributed by atoms with Gasteiger partial charge in [-0.2, -0.15) is 0 Å². The lowest BCUT2D eigenvalue weighted by molar-refractivity contribution is 0.0390. The van der Waals surface area contributed by atoms with Crippen LogP contribution in [0, 0.1) is 9.49 Å². The predicted octanol–water partition coefficient (Wildman–Crippen LogP) is 4.41. The zero-order valence-electron chi connectivity index (χ0n) is 11.3. The van der Waals surface area contributed by atoms with E-state index in [9.17, 15) is 0 Å². The second kappa shape index (κ2) is 7.81. The van der Waals surface area contributed by atoms with E-state index in [1.807, 2.05) is 0 Å². The van der Waals surface area contributed by atoms with Crippen LogP contribution in [-0.4, -0.2) is 19.8 Å². The van der Waals surface area contributed by atoms with Gasteiger partial charge in [-0.15, -0.1) is 0 Å². The molecule has 1 aromatic carbocycles. The van der Waals surface area contributed by atoms with Gasteiger partial charge in [-0.05, 0) is 66.1 Å². The van der Waals surface area contributed by atoms with Crippen molar-refractivity contribution in [1.29, 1.82) is 0 Å². The normalized spacial score (nSPS) is 21.3. The van der Waals surface area contributed by atoms with E-state index in [0.717, 1.165) is 41.2 Å². The molecule has 2 atom stereocenters. The van der Waals surface area contributed by atoms with Crippen molar-refractivity contribution >= 4 is 34.2 Å². The lowest BCUT2D eigenvalue weighted by Gasteiger charge is -2.31. The molecule has 4 heteroatoms. The van der Waals surface area contributed by atoms with Crippen LogP contribution in [0.15, 0.2) is 18.2 Å². The molecule has 1 saturated heterocycles. The number of hydrogen-bond acceptors (Lipinski definition) is 2. The Bertz CT molecular complexity index is 407. The molecule has 1 heterocycles. The van der Waals surface area contributed by atoms with Crippen LogP contribution >= 0.6 is 34.2 Å². The fourth-order valence-electron chi connectivity index (χ4n) is 2.59. The monoisotopic (exact) mass is 393 g/mol. The topological polar surface area (TPSA) is 21.3 Å². The van der Waals surface area contributed by atoms with E-state index in [0.29, 0.717) is 12.0 Å². The summed E-state index contributed by atoms with van der Waals surface area (Å²) in [6, 6.07) is 6.75. The third-order valence-corrected chi connectivity index (χ3v) is 5.16. The summed E-state index contributed by atoms with van der Waals surface area (Å²) in [5.74, 6) is 0.552. The van der Waals surface area contributed by atoms with Crippen molar-refractivity contribution in [3.63, 3.8) is 0 Å². The Morgan fingerprint density at radius 3 is 3.00 bits per heavy atom. The molecule has 1 aliphatic rings. The number of ether oxygens (including phenoxy) is 1. The molecule has 0 saturated carbocycles. The van der Waals surface area contributed by atoms with Crippen LogP contribution in [0.2, 0.25) is 5.02 Å². The molecule has 0 bridgehead atoms. The van der Waals surface area contributed by atoms with Crippen molar-refractivity contribution in [3.05, 3.63) is 32.4 Å². The minimum atomic E-state index is 0.356. The highest BCUT2D eigenvalue weighted by atomic mass is 127. The van der Waals surface area contributed by atoms with Crippen molar-refractivity contribution in [1.82, 2.24) is 5.32 Å². The summed E-state index contributed by atoms with van der Waals surface area (Å²) in [6.45, 7) is 4.99. The molecule has 2 unspecified atom stereocenters. The van der Waals surface area contributed by atoms with Crippen LogP contribution < -0.4 is 5.32 Å². The lowest BCUT2D eigenvalue weighted by atomic mass is 9.88. The first-order valence-electron chi connectivity index (χ1n) is 6.98. The zero-order chi connectivity index (χ0) is 13.7. The Kier molecular flexibility index (Phi) is 6.39. The van der Waals surface area contributed by atoms with Crippen LogP contribution in [0.5, 0.6) is 0 Å². The largest absolute Gasteiger partial charge is 0.381 e. The van der Waals surface area contributed by atoms with Crippen LogP contribution in [0.4, 0.5) is 0 Å². The van der Waals surface area contributed by atoms with Gasteiger partial charge in [0.05, 0.1) is 11.6 Å². The molecule has 1 N–H and O–H groups in total. The van der Waals surface area contributed by atoms with Crippen molar-refractivity contribution in [2.75, 3.05) is 19.8 Å². The van der Waals surface area contributed by atoms with E-state index in [4.69, 9.17) is 16.3 Å². The minimum Gasteiger partial charge on any atom is -0.381 e. The molecule has 2 nitrogen and oxygen atoms in total. The average molecular weight is 394 g/mol. The Balaban J connectivity index is 2.17. The van der Waals surface area contributed by atoms with Gasteiger partial charge in [-0.3, -0.25) is 0 Å². The molecule has 1 fully saturated rings. The molecular formula is C15H21ClINO. The molecule has 0 amide bonds. The molecule has 1 aliphatic heterocycles. The summed E-state index contributed by atoms with van der Waals surface area (Å²) in [4.78, 5) is 0. The Hall–Kier alpha value is 0.160. The molecule has 2 rings (SSSR count). The molecule has 0 aromatic heterocycles. The van der Waals surface area contributed by atoms with Crippen LogP contribution in [0.25, 0.3) is 0 Å². The summed E-state index contributed by atoms with van der Waals surface area (Å²) in [7, 11) is 0. The van der Waals surface area contributed by atoms with Crippen molar-refractivity contribution < 1.29 is 4.74 Å². The van der Waals surface area contributed by atoms with E-state index in [-0.39, 0.29) is 0 Å². The first-order chi connectivity index (χ1) is 9.22. The third kappa shape index (κ3) is 4.31. The van der Waals surface area contributed by atoms with Gasteiger partial charge in [-0.1, -0.05) is 24.6 Å². The molecule has 106 valence electrons. The quantitative estimate of drug-likeness (QED) is 0.748. The second-order valence-electron chi connectivity index (χ2n) is 5.08. The van der Waals surface area contributed by atoms with Gasteiger partial charge in [-0.25, -0.2) is 0 Å². The van der Waals surface area contributed by atoms with E-state index in [1.165, 1.54) is 12.0 Å². The summed E-state index contributed by atoms with van der Waals surface area (Å²) in [6.07, 6.45) is 3.53. The standard InChI is InChI=1S/C15H21ClINO/c1-2-7-18-15(12-4-3-8-19-10-12)11-5-6-14(17)13(16)9-11/h5-6,9,12,15,18H,2-4,7-8,10H2,1H3. The molecule has 0 radical (unpaired) electrons. The molecule has 0 aliphatic carbocycles. The van der Waals surface area contributed by atoms with E-state index in [2.05, 4.69) is 53.0 Å². The Morgan fingerprint density at radius 2 is 2.37 bits per heavy atom. The van der Waals surface area contributed by atoms with Crippen LogP contribution in [0.3, 0.4) is 0 Å². The maximum Gasteiger partial charge on any atom is 0.0542 e. The van der Waals surface area contributed by atoms with Gasteiger partial charge in [0, 0.05) is 22.1 Å². The van der Waals surface area contributed by atoms with Crippen molar-refractivity contribution in [2.24, 2.45) is 5.92 Å². The first kappa shape index (κ1) is 15.5. The predicted molar refractivity (Wildman–Crippen MR) is 88.7 cm³/mol. The highest BCUT2D eigenvalue weighted by molar-refractivity contribution is 14.1. The number of rotatable bonds is 5. The summed E-state index contributed by atoms with van der Waals surface area (Å²) >= 11 is 8.53. The van der Waals surface area contributed by atoms with E-state index in [1.54, 1.807) is 0 Å². The summed E-state index contributed by atoms with van der Waals surface area (Å²) in [5, 5.41) is 4.51. The minimum absolute atomic E-state index is 0.356. The van der Waals surface area contributed by atoms with Crippen molar-refractivity contribution in [3.8, 4) is 0 Å². The maximum atomic E-state index is 6.26. The molecule has 1 aromatic rings. The highest BCUT2D eigenvalue weighted by Gasteiger charge is 2.25. The number of hydrogen-bond donors (Lipinski definition) is 1. The zero-order valence-corrected chi connectivity index (χ0v) is 14.2. The number of halogens is 2. The van der Waals surface area contributed by atoms with E-state index >= 15 is 0 Å². The van der Waals surface area contributed by atoms with Gasteiger partial charge >= 0.3 is 0 Å². The van der Waals surface area contributed by atoms with E-state index < -0.39 is 0 Å². The highest BCUT2D eigenvalue weighted by Crippen LogP contribution is 2.31. The average Bonchev–Trinajstić information content (AvgIpc) is 2.44. The lowest BCUT2D eigenvalue weighted by Crippen LogP contribution is -2.33. The summed E-state index contributed by atoms with van der Waals surface area (Å²) in [5.41, 5.74) is 1.29. The van der Waals surface area contributed by atoms with Crippen molar-refractivity contribution in [2.45, 2.75) is 32.2 Å². The fraction of sp³-hybridized carbons (Fsp3) is 0.600. The molecule has 0 spiro atoms. The molecular weight excluding hydrogens is 373 g/mol. The van der Waals surface area contributed by atoms with Crippen LogP contribution in [-0.2, 0) is 4.74 Å². The van der Waals surface area contributed by atoms with Gasteiger partial charge < -0.3 is 10.1 Å². The first-order valence-corrected chi connectivity index (χ1v) is 8.44. The fourth-order valence-corrected chi connectivity index (χ4v) is 3.12.